The van der Waals surface area contributed by atoms with Gasteiger partial charge >= 0.3 is 0 Å². The lowest BCUT2D eigenvalue weighted by molar-refractivity contribution is -0.120. The van der Waals surface area contributed by atoms with Crippen LogP contribution < -0.4 is 10.0 Å². The molecule has 2 aromatic carbocycles. The first-order valence-corrected chi connectivity index (χ1v) is 9.85. The predicted molar refractivity (Wildman–Crippen MR) is 98.8 cm³/mol. The van der Waals surface area contributed by atoms with E-state index >= 15 is 0 Å². The number of nitrogens with one attached hydrogen (secondary N) is 2. The van der Waals surface area contributed by atoms with E-state index in [0.717, 1.165) is 5.56 Å². The summed E-state index contributed by atoms with van der Waals surface area (Å²) in [5.41, 5.74) is 2.03. The summed E-state index contributed by atoms with van der Waals surface area (Å²) in [5.74, 6) is -0.590. The third-order valence-electron chi connectivity index (χ3n) is 3.95. The molecule has 26 heavy (non-hydrogen) atoms. The first kappa shape index (κ1) is 20.1. The Bertz CT molecular complexity index is 882. The largest absolute Gasteiger partial charge is 0.356 e. The molecule has 2 aromatic rings. The normalized spacial score (nSPS) is 11.3. The molecule has 0 radical (unpaired) electrons. The Balaban J connectivity index is 1.79. The molecule has 2 N–H and O–H groups in total. The average Bonchev–Trinajstić information content (AvgIpc) is 2.58. The summed E-state index contributed by atoms with van der Waals surface area (Å²) < 4.78 is 40.6. The first-order chi connectivity index (χ1) is 12.3. The molecule has 0 atom stereocenters. The van der Waals surface area contributed by atoms with Crippen LogP contribution in [0.4, 0.5) is 4.39 Å². The van der Waals surface area contributed by atoms with Crippen molar-refractivity contribution in [3.63, 3.8) is 0 Å². The van der Waals surface area contributed by atoms with Gasteiger partial charge in [-0.05, 0) is 49.1 Å². The number of hydrogen-bond donors (Lipinski definition) is 2. The van der Waals surface area contributed by atoms with E-state index in [1.807, 2.05) is 13.0 Å². The molecule has 0 heterocycles. The van der Waals surface area contributed by atoms with Gasteiger partial charge in [-0.1, -0.05) is 30.3 Å². The van der Waals surface area contributed by atoms with Crippen LogP contribution in [0.3, 0.4) is 0 Å². The highest BCUT2D eigenvalue weighted by molar-refractivity contribution is 7.89. The Labute approximate surface area is 153 Å². The number of benzene rings is 2. The molecule has 5 nitrogen and oxygen atoms in total. The molecule has 0 aromatic heterocycles. The number of carbonyl (C=O) groups is 1. The highest BCUT2D eigenvalue weighted by atomic mass is 32.2. The number of hydrogen-bond acceptors (Lipinski definition) is 3. The number of sulfonamides is 1. The Hall–Kier alpha value is -2.25. The van der Waals surface area contributed by atoms with Gasteiger partial charge in [0.15, 0.2) is 0 Å². The molecule has 0 aliphatic carbocycles. The third-order valence-corrected chi connectivity index (χ3v) is 5.55. The van der Waals surface area contributed by atoms with Crippen LogP contribution in [0.5, 0.6) is 0 Å². The van der Waals surface area contributed by atoms with E-state index in [0.29, 0.717) is 24.1 Å². The van der Waals surface area contributed by atoms with Gasteiger partial charge in [-0.3, -0.25) is 4.79 Å². The highest BCUT2D eigenvalue weighted by Gasteiger charge is 2.16. The molecule has 140 valence electrons. The van der Waals surface area contributed by atoms with Crippen molar-refractivity contribution in [2.75, 3.05) is 13.1 Å². The molecule has 0 fully saturated rings. The molecule has 2 rings (SSSR count). The fourth-order valence-electron chi connectivity index (χ4n) is 2.50. The maximum Gasteiger partial charge on any atom is 0.240 e. The van der Waals surface area contributed by atoms with Gasteiger partial charge in [-0.25, -0.2) is 17.5 Å². The van der Waals surface area contributed by atoms with Crippen molar-refractivity contribution in [3.8, 4) is 0 Å². The minimum atomic E-state index is -3.66. The molecule has 0 saturated heterocycles. The smallest absolute Gasteiger partial charge is 0.240 e. The molecule has 1 amide bonds. The van der Waals surface area contributed by atoms with Gasteiger partial charge < -0.3 is 5.32 Å². The zero-order valence-electron chi connectivity index (χ0n) is 14.9. The van der Waals surface area contributed by atoms with Crippen LogP contribution in [-0.4, -0.2) is 27.4 Å². The van der Waals surface area contributed by atoms with Crippen LogP contribution >= 0.6 is 0 Å². The van der Waals surface area contributed by atoms with Crippen molar-refractivity contribution in [3.05, 3.63) is 65.0 Å². The van der Waals surface area contributed by atoms with Crippen LogP contribution in [0, 0.1) is 19.7 Å². The summed E-state index contributed by atoms with van der Waals surface area (Å²) in [6.07, 6.45) is 0.397. The number of amides is 1. The Morgan fingerprint density at radius 3 is 2.54 bits per heavy atom. The number of carbonyl (C=O) groups excluding carboxylic acids is 1. The van der Waals surface area contributed by atoms with Crippen molar-refractivity contribution in [2.24, 2.45) is 0 Å². The fourth-order valence-corrected chi connectivity index (χ4v) is 3.86. The topological polar surface area (TPSA) is 75.3 Å². The molecule has 7 heteroatoms. The van der Waals surface area contributed by atoms with Gasteiger partial charge in [0.2, 0.25) is 15.9 Å². The second kappa shape index (κ2) is 8.91. The van der Waals surface area contributed by atoms with Crippen molar-refractivity contribution >= 4 is 15.9 Å². The number of rotatable bonds is 8. The summed E-state index contributed by atoms with van der Waals surface area (Å²) in [7, 11) is -3.66. The van der Waals surface area contributed by atoms with Crippen LogP contribution in [0.25, 0.3) is 0 Å². The van der Waals surface area contributed by atoms with E-state index < -0.39 is 10.0 Å². The lowest BCUT2D eigenvalue weighted by Gasteiger charge is -2.10. The molecule has 0 spiro atoms. The minimum Gasteiger partial charge on any atom is -0.356 e. The first-order valence-electron chi connectivity index (χ1n) is 8.36. The van der Waals surface area contributed by atoms with Crippen molar-refractivity contribution in [1.82, 2.24) is 10.0 Å². The molecule has 0 saturated carbocycles. The minimum absolute atomic E-state index is 0.00124. The van der Waals surface area contributed by atoms with Crippen molar-refractivity contribution < 1.29 is 17.6 Å². The second-order valence-corrected chi connectivity index (χ2v) is 7.84. The van der Waals surface area contributed by atoms with Gasteiger partial charge in [-0.2, -0.15) is 0 Å². The van der Waals surface area contributed by atoms with Crippen LogP contribution in [0.2, 0.25) is 0 Å². The van der Waals surface area contributed by atoms with E-state index in [2.05, 4.69) is 10.0 Å². The van der Waals surface area contributed by atoms with Crippen LogP contribution in [-0.2, 0) is 21.2 Å². The van der Waals surface area contributed by atoms with Crippen molar-refractivity contribution in [1.29, 1.82) is 0 Å². The van der Waals surface area contributed by atoms with Gasteiger partial charge in [0.1, 0.15) is 5.82 Å². The van der Waals surface area contributed by atoms with E-state index in [1.165, 1.54) is 6.07 Å². The highest BCUT2D eigenvalue weighted by Crippen LogP contribution is 2.16. The molecular formula is C19H23FN2O3S. The van der Waals surface area contributed by atoms with Crippen molar-refractivity contribution in [2.45, 2.75) is 31.6 Å². The molecule has 0 bridgehead atoms. The molecular weight excluding hydrogens is 355 g/mol. The van der Waals surface area contributed by atoms with Gasteiger partial charge in [0.05, 0.1) is 4.90 Å². The summed E-state index contributed by atoms with van der Waals surface area (Å²) in [5, 5.41) is 2.66. The SMILES string of the molecule is Cc1ccc(C)c(S(=O)(=O)NCCC(=O)NCCc2ccccc2F)c1. The Kier molecular flexibility index (Phi) is 6.88. The van der Waals surface area contributed by atoms with E-state index in [-0.39, 0.29) is 29.6 Å². The van der Waals surface area contributed by atoms with Crippen LogP contribution in [0.1, 0.15) is 23.1 Å². The summed E-state index contributed by atoms with van der Waals surface area (Å²) in [4.78, 5) is 12.0. The maximum atomic E-state index is 13.5. The average molecular weight is 378 g/mol. The van der Waals surface area contributed by atoms with Gasteiger partial charge in [0, 0.05) is 19.5 Å². The summed E-state index contributed by atoms with van der Waals surface area (Å²) >= 11 is 0. The number of aryl methyl sites for hydroxylation is 2. The van der Waals surface area contributed by atoms with Gasteiger partial charge in [0.25, 0.3) is 0 Å². The van der Waals surface area contributed by atoms with E-state index in [1.54, 1.807) is 37.3 Å². The number of halogens is 1. The van der Waals surface area contributed by atoms with Gasteiger partial charge in [-0.15, -0.1) is 0 Å². The fraction of sp³-hybridized carbons (Fsp3) is 0.316. The lowest BCUT2D eigenvalue weighted by atomic mass is 10.1. The lowest BCUT2D eigenvalue weighted by Crippen LogP contribution is -2.32. The quantitative estimate of drug-likeness (QED) is 0.741. The predicted octanol–water partition coefficient (Wildman–Crippen LogP) is 2.47. The monoisotopic (exact) mass is 378 g/mol. The second-order valence-electron chi connectivity index (χ2n) is 6.11. The molecule has 0 aliphatic rings. The zero-order valence-corrected chi connectivity index (χ0v) is 15.7. The molecule has 0 unspecified atom stereocenters. The maximum absolute atomic E-state index is 13.5. The summed E-state index contributed by atoms with van der Waals surface area (Å²) in [6.45, 7) is 3.84. The molecule has 0 aliphatic heterocycles. The summed E-state index contributed by atoms with van der Waals surface area (Å²) in [6, 6.07) is 11.6. The zero-order chi connectivity index (χ0) is 19.2. The Morgan fingerprint density at radius 2 is 1.81 bits per heavy atom. The van der Waals surface area contributed by atoms with E-state index in [9.17, 15) is 17.6 Å². The Morgan fingerprint density at radius 1 is 1.08 bits per heavy atom. The van der Waals surface area contributed by atoms with E-state index in [4.69, 9.17) is 0 Å². The standard InChI is InChI=1S/C19H23FN2O3S/c1-14-7-8-15(2)18(13-14)26(24,25)22-12-10-19(23)21-11-9-16-5-3-4-6-17(16)20/h3-8,13,22H,9-12H2,1-2H3,(H,21,23). The third kappa shape index (κ3) is 5.64. The van der Waals surface area contributed by atoms with Crippen LogP contribution in [0.15, 0.2) is 47.4 Å².